The summed E-state index contributed by atoms with van der Waals surface area (Å²) in [4.78, 5) is 2.52. The summed E-state index contributed by atoms with van der Waals surface area (Å²) in [5, 5.41) is 0. The van der Waals surface area contributed by atoms with Gasteiger partial charge in [-0.1, -0.05) is 54.6 Å². The van der Waals surface area contributed by atoms with E-state index in [1.54, 1.807) is 0 Å². The Bertz CT molecular complexity index is 420. The average Bonchev–Trinajstić information content (AvgIpc) is 2.36. The Labute approximate surface area is 103 Å². The van der Waals surface area contributed by atoms with Crippen LogP contribution in [-0.2, 0) is 0 Å². The van der Waals surface area contributed by atoms with Gasteiger partial charge < -0.3 is 0 Å². The van der Waals surface area contributed by atoms with E-state index in [1.165, 1.54) is 30.6 Å². The Hall–Kier alpha value is -1.60. The molecule has 0 aliphatic carbocycles. The first kappa shape index (κ1) is 10.5. The summed E-state index contributed by atoms with van der Waals surface area (Å²) in [6, 6.07) is 22.8. The Balaban J connectivity index is 1.98. The number of rotatable bonds is 3. The molecule has 1 heteroatoms. The van der Waals surface area contributed by atoms with E-state index in [2.05, 4.69) is 53.4 Å². The molecule has 1 aliphatic rings. The molecule has 3 rings (SSSR count). The van der Waals surface area contributed by atoms with Gasteiger partial charge in [0, 0.05) is 13.1 Å². The van der Waals surface area contributed by atoms with Crippen molar-refractivity contribution in [3.8, 4) is 0 Å². The molecule has 1 aliphatic heterocycles. The SMILES string of the molecule is [c]1ccccc1C(c1ccccc1)N1CCC1. The van der Waals surface area contributed by atoms with Gasteiger partial charge in [0.15, 0.2) is 0 Å². The zero-order valence-electron chi connectivity index (χ0n) is 9.84. The molecule has 1 saturated heterocycles. The van der Waals surface area contributed by atoms with Crippen molar-refractivity contribution < 1.29 is 0 Å². The summed E-state index contributed by atoms with van der Waals surface area (Å²) in [6.45, 7) is 2.39. The van der Waals surface area contributed by atoms with Crippen LogP contribution in [0.15, 0.2) is 54.6 Å². The van der Waals surface area contributed by atoms with Gasteiger partial charge in [0.1, 0.15) is 0 Å². The van der Waals surface area contributed by atoms with Crippen LogP contribution in [0.3, 0.4) is 0 Å². The van der Waals surface area contributed by atoms with Gasteiger partial charge >= 0.3 is 0 Å². The van der Waals surface area contributed by atoms with E-state index < -0.39 is 0 Å². The molecule has 0 bridgehead atoms. The lowest BCUT2D eigenvalue weighted by atomic mass is 9.95. The lowest BCUT2D eigenvalue weighted by molar-refractivity contribution is 0.140. The monoisotopic (exact) mass is 222 g/mol. The quantitative estimate of drug-likeness (QED) is 0.770. The van der Waals surface area contributed by atoms with Crippen molar-refractivity contribution in [3.63, 3.8) is 0 Å². The molecule has 2 aromatic rings. The molecule has 0 spiro atoms. The van der Waals surface area contributed by atoms with Gasteiger partial charge in [0.05, 0.1) is 6.04 Å². The van der Waals surface area contributed by atoms with E-state index in [0.29, 0.717) is 6.04 Å². The van der Waals surface area contributed by atoms with Crippen LogP contribution >= 0.6 is 0 Å². The third-order valence-corrected chi connectivity index (χ3v) is 3.40. The zero-order chi connectivity index (χ0) is 11.5. The average molecular weight is 222 g/mol. The van der Waals surface area contributed by atoms with Gasteiger partial charge in [-0.3, -0.25) is 4.90 Å². The lowest BCUT2D eigenvalue weighted by Crippen LogP contribution is -2.40. The third kappa shape index (κ3) is 2.11. The van der Waals surface area contributed by atoms with Crippen molar-refractivity contribution in [2.24, 2.45) is 0 Å². The molecule has 17 heavy (non-hydrogen) atoms. The van der Waals surface area contributed by atoms with Gasteiger partial charge in [0.2, 0.25) is 0 Å². The topological polar surface area (TPSA) is 3.24 Å². The maximum atomic E-state index is 3.37. The van der Waals surface area contributed by atoms with Crippen LogP contribution in [0.25, 0.3) is 0 Å². The fourth-order valence-electron chi connectivity index (χ4n) is 2.40. The van der Waals surface area contributed by atoms with E-state index in [-0.39, 0.29) is 0 Å². The minimum absolute atomic E-state index is 0.381. The standard InChI is InChI=1S/C16H16N/c1-3-8-14(9-4-1)16(17-12-7-13-17)15-10-5-2-6-11-15/h1-6,8-10,16H,7,12-13H2. The molecule has 1 nitrogen and oxygen atoms in total. The highest BCUT2D eigenvalue weighted by atomic mass is 15.2. The van der Waals surface area contributed by atoms with Crippen LogP contribution in [0.2, 0.25) is 0 Å². The predicted octanol–water partition coefficient (Wildman–Crippen LogP) is 3.28. The van der Waals surface area contributed by atoms with Crippen LogP contribution in [-0.4, -0.2) is 18.0 Å². The Morgan fingerprint density at radius 1 is 0.941 bits per heavy atom. The number of hydrogen-bond donors (Lipinski definition) is 0. The fraction of sp³-hybridized carbons (Fsp3) is 0.250. The first-order valence-corrected chi connectivity index (χ1v) is 6.21. The maximum absolute atomic E-state index is 3.37. The molecule has 1 atom stereocenters. The van der Waals surface area contributed by atoms with E-state index in [1.807, 2.05) is 12.1 Å². The molecule has 1 radical (unpaired) electrons. The minimum Gasteiger partial charge on any atom is -0.292 e. The summed E-state index contributed by atoms with van der Waals surface area (Å²) in [7, 11) is 0. The van der Waals surface area contributed by atoms with Crippen LogP contribution in [0.1, 0.15) is 23.6 Å². The highest BCUT2D eigenvalue weighted by molar-refractivity contribution is 5.31. The summed E-state index contributed by atoms with van der Waals surface area (Å²) in [5.41, 5.74) is 2.65. The second kappa shape index (κ2) is 4.72. The molecule has 1 heterocycles. The van der Waals surface area contributed by atoms with E-state index in [9.17, 15) is 0 Å². The predicted molar refractivity (Wildman–Crippen MR) is 69.8 cm³/mol. The van der Waals surface area contributed by atoms with Crippen molar-refractivity contribution in [2.75, 3.05) is 13.1 Å². The fourth-order valence-corrected chi connectivity index (χ4v) is 2.40. The second-order valence-corrected chi connectivity index (χ2v) is 4.52. The number of likely N-dealkylation sites (tertiary alicyclic amines) is 1. The van der Waals surface area contributed by atoms with Crippen LogP contribution in [0.5, 0.6) is 0 Å². The second-order valence-electron chi connectivity index (χ2n) is 4.52. The summed E-state index contributed by atoms with van der Waals surface area (Å²) in [6.07, 6.45) is 1.32. The van der Waals surface area contributed by atoms with Gasteiger partial charge in [-0.2, -0.15) is 0 Å². The van der Waals surface area contributed by atoms with Crippen LogP contribution < -0.4 is 0 Å². The molecular formula is C16H16N. The van der Waals surface area contributed by atoms with E-state index in [4.69, 9.17) is 0 Å². The van der Waals surface area contributed by atoms with Crippen LogP contribution in [0, 0.1) is 6.07 Å². The molecule has 1 fully saturated rings. The molecule has 0 saturated carbocycles. The van der Waals surface area contributed by atoms with Gasteiger partial charge in [-0.05, 0) is 23.6 Å². The number of benzene rings is 2. The molecule has 0 N–H and O–H groups in total. The number of nitrogens with zero attached hydrogens (tertiary/aromatic N) is 1. The first-order chi connectivity index (χ1) is 8.45. The third-order valence-electron chi connectivity index (χ3n) is 3.40. The molecule has 85 valence electrons. The zero-order valence-corrected chi connectivity index (χ0v) is 9.84. The van der Waals surface area contributed by atoms with Crippen LogP contribution in [0.4, 0.5) is 0 Å². The van der Waals surface area contributed by atoms with Crippen molar-refractivity contribution in [2.45, 2.75) is 12.5 Å². The van der Waals surface area contributed by atoms with Crippen molar-refractivity contribution in [1.82, 2.24) is 4.90 Å². The minimum atomic E-state index is 0.381. The summed E-state index contributed by atoms with van der Waals surface area (Å²) >= 11 is 0. The molecule has 1 unspecified atom stereocenters. The lowest BCUT2D eigenvalue weighted by Gasteiger charge is -2.38. The normalized spacial score (nSPS) is 15.8. The highest BCUT2D eigenvalue weighted by Crippen LogP contribution is 2.31. The Morgan fingerprint density at radius 3 is 2.29 bits per heavy atom. The smallest absolute Gasteiger partial charge is 0.0607 e. The van der Waals surface area contributed by atoms with E-state index >= 15 is 0 Å². The summed E-state index contributed by atoms with van der Waals surface area (Å²) < 4.78 is 0. The molecule has 0 aromatic heterocycles. The summed E-state index contributed by atoms with van der Waals surface area (Å²) in [5.74, 6) is 0. The number of hydrogen-bond acceptors (Lipinski definition) is 1. The maximum Gasteiger partial charge on any atom is 0.0607 e. The highest BCUT2D eigenvalue weighted by Gasteiger charge is 2.26. The van der Waals surface area contributed by atoms with Crippen molar-refractivity contribution in [1.29, 1.82) is 0 Å². The van der Waals surface area contributed by atoms with Gasteiger partial charge in [-0.25, -0.2) is 0 Å². The van der Waals surface area contributed by atoms with Gasteiger partial charge in [0.25, 0.3) is 0 Å². The van der Waals surface area contributed by atoms with Gasteiger partial charge in [-0.15, -0.1) is 0 Å². The van der Waals surface area contributed by atoms with E-state index in [0.717, 1.165) is 0 Å². The molecular weight excluding hydrogens is 206 g/mol. The van der Waals surface area contributed by atoms with Crippen molar-refractivity contribution in [3.05, 3.63) is 71.8 Å². The molecule has 0 amide bonds. The first-order valence-electron chi connectivity index (χ1n) is 6.21. The largest absolute Gasteiger partial charge is 0.292 e. The van der Waals surface area contributed by atoms with Crippen molar-refractivity contribution >= 4 is 0 Å². The Kier molecular flexibility index (Phi) is 2.93. The molecule has 2 aromatic carbocycles. The Morgan fingerprint density at radius 2 is 1.71 bits per heavy atom.